The summed E-state index contributed by atoms with van der Waals surface area (Å²) in [5.41, 5.74) is 3.32. The van der Waals surface area contributed by atoms with Crippen molar-refractivity contribution in [3.05, 3.63) is 59.9 Å². The molecule has 0 saturated carbocycles. The lowest BCUT2D eigenvalue weighted by Crippen LogP contribution is -2.25. The summed E-state index contributed by atoms with van der Waals surface area (Å²) in [6.45, 7) is 7.21. The number of hydrogen-bond acceptors (Lipinski definition) is 3. The Hall–Kier alpha value is -2.33. The van der Waals surface area contributed by atoms with Crippen LogP contribution < -0.4 is 4.74 Å². The van der Waals surface area contributed by atoms with Gasteiger partial charge in [-0.1, -0.05) is 45.0 Å². The fraction of sp³-hybridized carbons (Fsp3) is 0.409. The molecule has 3 aromatic rings. The van der Waals surface area contributed by atoms with E-state index < -0.39 is 6.10 Å². The minimum Gasteiger partial charge on any atom is -0.491 e. The number of imidazole rings is 1. The summed E-state index contributed by atoms with van der Waals surface area (Å²) in [7, 11) is 0. The van der Waals surface area contributed by atoms with E-state index in [2.05, 4.69) is 43.5 Å². The van der Waals surface area contributed by atoms with Gasteiger partial charge in [-0.25, -0.2) is 4.98 Å². The molecule has 1 heterocycles. The molecule has 3 rings (SSSR count). The second-order valence-electron chi connectivity index (χ2n) is 6.84. The van der Waals surface area contributed by atoms with Gasteiger partial charge < -0.3 is 14.4 Å². The van der Waals surface area contributed by atoms with E-state index in [9.17, 15) is 5.11 Å². The van der Waals surface area contributed by atoms with Gasteiger partial charge in [0.25, 0.3) is 0 Å². The van der Waals surface area contributed by atoms with Gasteiger partial charge in [0.2, 0.25) is 0 Å². The number of hydrogen-bond donors (Lipinski definition) is 1. The largest absolute Gasteiger partial charge is 0.491 e. The molecule has 2 unspecified atom stereocenters. The third-order valence-electron chi connectivity index (χ3n) is 4.90. The first-order valence-electron chi connectivity index (χ1n) is 9.47. The average Bonchev–Trinajstić information content (AvgIpc) is 3.04. The van der Waals surface area contributed by atoms with Crippen molar-refractivity contribution in [1.82, 2.24) is 9.55 Å². The number of aliphatic hydroxyl groups is 1. The molecule has 4 nitrogen and oxygen atoms in total. The first-order valence-corrected chi connectivity index (χ1v) is 9.47. The van der Waals surface area contributed by atoms with E-state index in [1.807, 2.05) is 30.3 Å². The normalized spacial score (nSPS) is 13.7. The average molecular weight is 352 g/mol. The van der Waals surface area contributed by atoms with Gasteiger partial charge in [-0.05, 0) is 42.7 Å². The van der Waals surface area contributed by atoms with Gasteiger partial charge in [0.05, 0.1) is 17.6 Å². The molecule has 2 atom stereocenters. The highest BCUT2D eigenvalue weighted by atomic mass is 16.5. The summed E-state index contributed by atoms with van der Waals surface area (Å²) >= 11 is 0. The van der Waals surface area contributed by atoms with Crippen LogP contribution in [0.15, 0.2) is 48.5 Å². The molecule has 0 aliphatic carbocycles. The lowest BCUT2D eigenvalue weighted by atomic mass is 10.1. The van der Waals surface area contributed by atoms with Crippen molar-refractivity contribution in [1.29, 1.82) is 0 Å². The molecule has 0 bridgehead atoms. The van der Waals surface area contributed by atoms with E-state index in [4.69, 9.17) is 9.72 Å². The smallest absolute Gasteiger partial charge is 0.119 e. The van der Waals surface area contributed by atoms with Gasteiger partial charge in [-0.3, -0.25) is 0 Å². The predicted molar refractivity (Wildman–Crippen MR) is 106 cm³/mol. The van der Waals surface area contributed by atoms with Gasteiger partial charge in [0.15, 0.2) is 0 Å². The minimum atomic E-state index is -0.596. The Bertz CT molecular complexity index is 839. The second-order valence-corrected chi connectivity index (χ2v) is 6.84. The lowest BCUT2D eigenvalue weighted by molar-refractivity contribution is 0.0924. The molecular formula is C22H28N2O2. The van der Waals surface area contributed by atoms with Crippen LogP contribution in [0.4, 0.5) is 0 Å². The van der Waals surface area contributed by atoms with Crippen LogP contribution in [0.2, 0.25) is 0 Å². The summed E-state index contributed by atoms with van der Waals surface area (Å²) in [4.78, 5) is 4.78. The summed E-state index contributed by atoms with van der Waals surface area (Å²) in [6.07, 6.45) is 1.43. The van der Waals surface area contributed by atoms with Crippen molar-refractivity contribution in [3.63, 3.8) is 0 Å². The molecule has 0 radical (unpaired) electrons. The van der Waals surface area contributed by atoms with Crippen LogP contribution in [-0.4, -0.2) is 27.4 Å². The van der Waals surface area contributed by atoms with Gasteiger partial charge in [0.1, 0.15) is 24.3 Å². The van der Waals surface area contributed by atoms with Crippen LogP contribution >= 0.6 is 0 Å². The minimum absolute atomic E-state index is 0.262. The van der Waals surface area contributed by atoms with E-state index in [-0.39, 0.29) is 6.61 Å². The quantitative estimate of drug-likeness (QED) is 0.647. The highest BCUT2D eigenvalue weighted by molar-refractivity contribution is 5.76. The number of fused-ring (bicyclic) bond motifs is 1. The number of aliphatic hydroxyl groups excluding tert-OH is 1. The zero-order valence-corrected chi connectivity index (χ0v) is 15.9. The van der Waals surface area contributed by atoms with Crippen molar-refractivity contribution in [2.45, 2.75) is 52.2 Å². The molecule has 2 aromatic carbocycles. The Labute approximate surface area is 155 Å². The Morgan fingerprint density at radius 3 is 2.50 bits per heavy atom. The third kappa shape index (κ3) is 4.07. The summed E-state index contributed by atoms with van der Waals surface area (Å²) < 4.78 is 7.91. The SMILES string of the molecule is CCc1ccc(OCC(O)Cn2c(C(C)CC)nc3ccccc32)cc1. The molecule has 0 spiro atoms. The maximum Gasteiger partial charge on any atom is 0.119 e. The van der Waals surface area contributed by atoms with Crippen LogP contribution in [0.3, 0.4) is 0 Å². The predicted octanol–water partition coefficient (Wildman–Crippen LogP) is 4.55. The highest BCUT2D eigenvalue weighted by Crippen LogP contribution is 2.24. The Morgan fingerprint density at radius 1 is 1.08 bits per heavy atom. The number of ether oxygens (including phenoxy) is 1. The number of para-hydroxylation sites is 2. The van der Waals surface area contributed by atoms with E-state index in [0.29, 0.717) is 12.5 Å². The van der Waals surface area contributed by atoms with Crippen LogP contribution in [0.5, 0.6) is 5.75 Å². The third-order valence-corrected chi connectivity index (χ3v) is 4.90. The molecule has 0 aliphatic heterocycles. The van der Waals surface area contributed by atoms with Crippen LogP contribution in [0.25, 0.3) is 11.0 Å². The van der Waals surface area contributed by atoms with E-state index >= 15 is 0 Å². The summed E-state index contributed by atoms with van der Waals surface area (Å²) in [5.74, 6) is 2.16. The van der Waals surface area contributed by atoms with Crippen molar-refractivity contribution >= 4 is 11.0 Å². The van der Waals surface area contributed by atoms with Crippen molar-refractivity contribution in [2.75, 3.05) is 6.61 Å². The first kappa shape index (κ1) is 18.5. The van der Waals surface area contributed by atoms with Crippen LogP contribution in [0, 0.1) is 0 Å². The van der Waals surface area contributed by atoms with Crippen LogP contribution in [0.1, 0.15) is 44.5 Å². The topological polar surface area (TPSA) is 47.3 Å². The molecule has 1 aromatic heterocycles. The standard InChI is InChI=1S/C22H28N2O2/c1-4-16(3)22-23-20-8-6-7-9-21(20)24(22)14-18(25)15-26-19-12-10-17(5-2)11-13-19/h6-13,16,18,25H,4-5,14-15H2,1-3H3. The summed E-state index contributed by atoms with van der Waals surface area (Å²) in [5, 5.41) is 10.5. The Morgan fingerprint density at radius 2 is 1.81 bits per heavy atom. The lowest BCUT2D eigenvalue weighted by Gasteiger charge is -2.17. The number of aryl methyl sites for hydroxylation is 1. The molecular weight excluding hydrogens is 324 g/mol. The second kappa shape index (κ2) is 8.37. The molecule has 138 valence electrons. The molecule has 0 aliphatic rings. The first-order chi connectivity index (χ1) is 12.6. The maximum atomic E-state index is 10.5. The van der Waals surface area contributed by atoms with Gasteiger partial charge >= 0.3 is 0 Å². The van der Waals surface area contributed by atoms with Crippen molar-refractivity contribution in [3.8, 4) is 5.75 Å². The fourth-order valence-corrected chi connectivity index (χ4v) is 3.12. The number of aromatic nitrogens is 2. The Kier molecular flexibility index (Phi) is 5.94. The monoisotopic (exact) mass is 352 g/mol. The Balaban J connectivity index is 1.72. The van der Waals surface area contributed by atoms with Gasteiger partial charge in [-0.15, -0.1) is 0 Å². The van der Waals surface area contributed by atoms with Gasteiger partial charge in [-0.2, -0.15) is 0 Å². The molecule has 4 heteroatoms. The maximum absolute atomic E-state index is 10.5. The zero-order valence-electron chi connectivity index (χ0n) is 15.9. The van der Waals surface area contributed by atoms with Crippen molar-refractivity contribution < 1.29 is 9.84 Å². The molecule has 0 fully saturated rings. The molecule has 1 N–H and O–H groups in total. The molecule has 0 saturated heterocycles. The number of rotatable bonds is 8. The van der Waals surface area contributed by atoms with E-state index in [1.165, 1.54) is 5.56 Å². The summed E-state index contributed by atoms with van der Waals surface area (Å²) in [6, 6.07) is 16.1. The zero-order chi connectivity index (χ0) is 18.5. The van der Waals surface area contributed by atoms with Crippen LogP contribution in [-0.2, 0) is 13.0 Å². The van der Waals surface area contributed by atoms with Crippen molar-refractivity contribution in [2.24, 2.45) is 0 Å². The number of nitrogens with zero attached hydrogens (tertiary/aromatic N) is 2. The van der Waals surface area contributed by atoms with E-state index in [0.717, 1.165) is 35.4 Å². The van der Waals surface area contributed by atoms with E-state index in [1.54, 1.807) is 0 Å². The van der Waals surface area contributed by atoms with Gasteiger partial charge in [0, 0.05) is 5.92 Å². The molecule has 26 heavy (non-hydrogen) atoms. The number of benzene rings is 2. The highest BCUT2D eigenvalue weighted by Gasteiger charge is 2.18. The molecule has 0 amide bonds. The fourth-order valence-electron chi connectivity index (χ4n) is 3.12.